The van der Waals surface area contributed by atoms with Crippen molar-refractivity contribution < 1.29 is 17.2 Å². The van der Waals surface area contributed by atoms with Gasteiger partial charge in [-0.15, -0.1) is 0 Å². The molecule has 0 radical (unpaired) electrons. The lowest BCUT2D eigenvalue weighted by Gasteiger charge is -2.10. The molecule has 5 nitrogen and oxygen atoms in total. The van der Waals surface area contributed by atoms with E-state index in [1.165, 1.54) is 12.1 Å². The molecule has 0 bridgehead atoms. The average molecular weight is 285 g/mol. The number of aromatic nitrogens is 1. The first kappa shape index (κ1) is 13.2. The lowest BCUT2D eigenvalue weighted by atomic mass is 10.3. The van der Waals surface area contributed by atoms with E-state index in [1.807, 2.05) is 4.72 Å². The van der Waals surface area contributed by atoms with E-state index in [0.717, 1.165) is 24.4 Å². The predicted octanol–water partition coefficient (Wildman–Crippen LogP) is 1.74. The van der Waals surface area contributed by atoms with Crippen molar-refractivity contribution in [2.24, 2.45) is 0 Å². The van der Waals surface area contributed by atoms with Crippen molar-refractivity contribution in [1.29, 1.82) is 0 Å². The van der Waals surface area contributed by atoms with Gasteiger partial charge in [-0.1, -0.05) is 6.07 Å². The predicted molar refractivity (Wildman–Crippen MR) is 65.8 cm³/mol. The Morgan fingerprint density at radius 1 is 1.16 bits per heavy atom. The van der Waals surface area contributed by atoms with Gasteiger partial charge in [0.1, 0.15) is 22.3 Å². The van der Waals surface area contributed by atoms with Gasteiger partial charge in [0, 0.05) is 0 Å². The van der Waals surface area contributed by atoms with Crippen molar-refractivity contribution in [3.63, 3.8) is 0 Å². The van der Waals surface area contributed by atoms with Crippen LogP contribution in [-0.2, 0) is 10.0 Å². The monoisotopic (exact) mass is 285 g/mol. The summed E-state index contributed by atoms with van der Waals surface area (Å²) in [6.45, 7) is 0. The van der Waals surface area contributed by atoms with Crippen molar-refractivity contribution in [2.45, 2.75) is 4.90 Å². The van der Waals surface area contributed by atoms with Crippen molar-refractivity contribution in [3.8, 4) is 0 Å². The number of nitrogen functional groups attached to an aromatic ring is 1. The summed E-state index contributed by atoms with van der Waals surface area (Å²) < 4.78 is 52.1. The Kier molecular flexibility index (Phi) is 3.34. The van der Waals surface area contributed by atoms with Gasteiger partial charge in [0.15, 0.2) is 0 Å². The van der Waals surface area contributed by atoms with Crippen molar-refractivity contribution >= 4 is 21.5 Å². The smallest absolute Gasteiger partial charge is 0.268 e. The molecule has 0 saturated carbocycles. The molecule has 1 aromatic heterocycles. The van der Waals surface area contributed by atoms with E-state index in [0.29, 0.717) is 0 Å². The first-order valence-electron chi connectivity index (χ1n) is 5.08. The number of nitrogens with two attached hydrogens (primary N) is 1. The fourth-order valence-corrected chi connectivity index (χ4v) is 2.64. The van der Waals surface area contributed by atoms with Crippen LogP contribution >= 0.6 is 0 Å². The van der Waals surface area contributed by atoms with Crippen LogP contribution in [0.1, 0.15) is 0 Å². The summed E-state index contributed by atoms with van der Waals surface area (Å²) in [6.07, 6.45) is 0.836. The number of sulfonamides is 1. The molecule has 0 saturated heterocycles. The van der Waals surface area contributed by atoms with Gasteiger partial charge in [0.2, 0.25) is 0 Å². The van der Waals surface area contributed by atoms with Crippen LogP contribution in [0.2, 0.25) is 0 Å². The van der Waals surface area contributed by atoms with Gasteiger partial charge in [0.05, 0.1) is 11.9 Å². The summed E-state index contributed by atoms with van der Waals surface area (Å²) in [6, 6.07) is 5.66. The highest BCUT2D eigenvalue weighted by atomic mass is 32.2. The molecule has 8 heteroatoms. The molecular formula is C11H9F2N3O2S. The Morgan fingerprint density at radius 3 is 2.47 bits per heavy atom. The topological polar surface area (TPSA) is 85.1 Å². The number of nitrogens with one attached hydrogen (secondary N) is 1. The SMILES string of the molecule is Nc1cccc(F)c1S(=O)(=O)Nc1ccc(F)cn1. The molecule has 1 heterocycles. The maximum Gasteiger partial charge on any atom is 0.268 e. The third kappa shape index (κ3) is 2.79. The highest BCUT2D eigenvalue weighted by molar-refractivity contribution is 7.92. The van der Waals surface area contributed by atoms with Crippen LogP contribution in [0.4, 0.5) is 20.3 Å². The number of pyridine rings is 1. The largest absolute Gasteiger partial charge is 0.398 e. The molecule has 0 aliphatic rings. The Labute approximate surface area is 108 Å². The van der Waals surface area contributed by atoms with Gasteiger partial charge in [0.25, 0.3) is 10.0 Å². The standard InChI is InChI=1S/C11H9F2N3O2S/c12-7-4-5-10(15-6-7)16-19(17,18)11-8(13)2-1-3-9(11)14/h1-6H,14H2,(H,15,16). The Bertz CT molecular complexity index is 682. The summed E-state index contributed by atoms with van der Waals surface area (Å²) in [7, 11) is -4.22. The van der Waals surface area contributed by atoms with Gasteiger partial charge in [-0.05, 0) is 24.3 Å². The van der Waals surface area contributed by atoms with Crippen LogP contribution in [0.25, 0.3) is 0 Å². The number of halogens is 2. The molecule has 0 fully saturated rings. The second-order valence-corrected chi connectivity index (χ2v) is 5.24. The first-order valence-corrected chi connectivity index (χ1v) is 6.57. The number of hydrogen-bond donors (Lipinski definition) is 2. The quantitative estimate of drug-likeness (QED) is 0.841. The minimum Gasteiger partial charge on any atom is -0.398 e. The van der Waals surface area contributed by atoms with E-state index < -0.39 is 26.6 Å². The zero-order valence-electron chi connectivity index (χ0n) is 9.47. The Balaban J connectivity index is 2.41. The molecule has 0 unspecified atom stereocenters. The van der Waals surface area contributed by atoms with Crippen LogP contribution in [0.15, 0.2) is 41.4 Å². The van der Waals surface area contributed by atoms with Gasteiger partial charge < -0.3 is 5.73 Å². The molecule has 0 amide bonds. The second kappa shape index (κ2) is 4.81. The second-order valence-electron chi connectivity index (χ2n) is 3.63. The van der Waals surface area contributed by atoms with Crippen molar-refractivity contribution in [2.75, 3.05) is 10.5 Å². The third-order valence-corrected chi connectivity index (χ3v) is 3.68. The van der Waals surface area contributed by atoms with Crippen LogP contribution in [0.5, 0.6) is 0 Å². The molecule has 2 aromatic rings. The summed E-state index contributed by atoms with van der Waals surface area (Å²) in [5, 5.41) is 0. The lowest BCUT2D eigenvalue weighted by Crippen LogP contribution is -2.17. The number of hydrogen-bond acceptors (Lipinski definition) is 4. The lowest BCUT2D eigenvalue weighted by molar-refractivity contribution is 0.571. The van der Waals surface area contributed by atoms with E-state index in [4.69, 9.17) is 5.73 Å². The normalized spacial score (nSPS) is 11.3. The molecule has 0 spiro atoms. The van der Waals surface area contributed by atoms with Gasteiger partial charge >= 0.3 is 0 Å². The number of rotatable bonds is 3. The molecule has 100 valence electrons. The van der Waals surface area contributed by atoms with Gasteiger partial charge in [-0.3, -0.25) is 4.72 Å². The van der Waals surface area contributed by atoms with E-state index in [-0.39, 0.29) is 11.5 Å². The van der Waals surface area contributed by atoms with Gasteiger partial charge in [-0.2, -0.15) is 0 Å². The minimum atomic E-state index is -4.22. The molecule has 0 aliphatic heterocycles. The van der Waals surface area contributed by atoms with Crippen molar-refractivity contribution in [3.05, 3.63) is 48.2 Å². The first-order chi connectivity index (χ1) is 8.90. The fraction of sp³-hybridized carbons (Fsp3) is 0. The van der Waals surface area contributed by atoms with Crippen LogP contribution < -0.4 is 10.5 Å². The van der Waals surface area contributed by atoms with Crippen molar-refractivity contribution in [1.82, 2.24) is 4.98 Å². The zero-order valence-corrected chi connectivity index (χ0v) is 10.3. The summed E-state index contributed by atoms with van der Waals surface area (Å²) in [5.41, 5.74) is 5.22. The molecular weight excluding hydrogens is 276 g/mol. The Hall–Kier alpha value is -2.22. The molecule has 0 aliphatic carbocycles. The van der Waals surface area contributed by atoms with E-state index in [9.17, 15) is 17.2 Å². The maximum absolute atomic E-state index is 13.5. The number of nitrogens with zero attached hydrogens (tertiary/aromatic N) is 1. The van der Waals surface area contributed by atoms with E-state index in [2.05, 4.69) is 4.98 Å². The highest BCUT2D eigenvalue weighted by Gasteiger charge is 2.22. The van der Waals surface area contributed by atoms with Gasteiger partial charge in [-0.25, -0.2) is 22.2 Å². The molecule has 1 aromatic carbocycles. The Morgan fingerprint density at radius 2 is 1.89 bits per heavy atom. The van der Waals surface area contributed by atoms with Crippen LogP contribution in [0, 0.1) is 11.6 Å². The molecule has 0 atom stereocenters. The number of benzene rings is 1. The highest BCUT2D eigenvalue weighted by Crippen LogP contribution is 2.23. The average Bonchev–Trinajstić information content (AvgIpc) is 2.31. The summed E-state index contributed by atoms with van der Waals surface area (Å²) >= 11 is 0. The maximum atomic E-state index is 13.5. The summed E-state index contributed by atoms with van der Waals surface area (Å²) in [5.74, 6) is -1.73. The van der Waals surface area contributed by atoms with Crippen LogP contribution in [-0.4, -0.2) is 13.4 Å². The zero-order chi connectivity index (χ0) is 14.0. The fourth-order valence-electron chi connectivity index (χ4n) is 1.43. The number of anilines is 2. The molecule has 3 N–H and O–H groups in total. The molecule has 2 rings (SSSR count). The van der Waals surface area contributed by atoms with E-state index in [1.54, 1.807) is 0 Å². The minimum absolute atomic E-state index is 0.135. The van der Waals surface area contributed by atoms with E-state index >= 15 is 0 Å². The third-order valence-electron chi connectivity index (χ3n) is 2.23. The summed E-state index contributed by atoms with van der Waals surface area (Å²) in [4.78, 5) is 2.85. The molecule has 19 heavy (non-hydrogen) atoms. The van der Waals surface area contributed by atoms with Crippen LogP contribution in [0.3, 0.4) is 0 Å².